The van der Waals surface area contributed by atoms with Gasteiger partial charge in [-0.25, -0.2) is 0 Å². The lowest BCUT2D eigenvalue weighted by Gasteiger charge is -2.17. The predicted molar refractivity (Wildman–Crippen MR) is 73.0 cm³/mol. The average Bonchev–Trinajstić information content (AvgIpc) is 2.91. The van der Waals surface area contributed by atoms with Crippen LogP contribution < -0.4 is 10.1 Å². The third-order valence-electron chi connectivity index (χ3n) is 2.76. The molecule has 3 nitrogen and oxygen atoms in total. The standard InChI is InChI=1S/C15H19NO2/c1-3-9-18-15-7-5-4-6-14(15)16-12(2)13-8-10-17-11-13/h4-8,10-12,16H,3,9H2,1-2H3. The molecule has 96 valence electrons. The fourth-order valence-electron chi connectivity index (χ4n) is 1.76. The molecular weight excluding hydrogens is 226 g/mol. The van der Waals surface area contributed by atoms with E-state index >= 15 is 0 Å². The molecule has 0 spiro atoms. The second-order valence-corrected chi connectivity index (χ2v) is 4.27. The Labute approximate surface area is 108 Å². The molecule has 1 unspecified atom stereocenters. The van der Waals surface area contributed by atoms with Gasteiger partial charge in [-0.3, -0.25) is 0 Å². The van der Waals surface area contributed by atoms with Crippen LogP contribution in [0.5, 0.6) is 5.75 Å². The van der Waals surface area contributed by atoms with Crippen LogP contribution in [0.4, 0.5) is 5.69 Å². The van der Waals surface area contributed by atoms with Crippen LogP contribution in [0.15, 0.2) is 47.3 Å². The fourth-order valence-corrected chi connectivity index (χ4v) is 1.76. The van der Waals surface area contributed by atoms with Gasteiger partial charge < -0.3 is 14.5 Å². The zero-order chi connectivity index (χ0) is 12.8. The molecule has 0 amide bonds. The van der Waals surface area contributed by atoms with Gasteiger partial charge in [-0.1, -0.05) is 19.1 Å². The van der Waals surface area contributed by atoms with E-state index in [1.54, 1.807) is 12.5 Å². The highest BCUT2D eigenvalue weighted by Gasteiger charge is 2.09. The highest BCUT2D eigenvalue weighted by atomic mass is 16.5. The zero-order valence-electron chi connectivity index (χ0n) is 10.8. The first-order valence-electron chi connectivity index (χ1n) is 6.31. The number of ether oxygens (including phenoxy) is 1. The lowest BCUT2D eigenvalue weighted by molar-refractivity contribution is 0.318. The Morgan fingerprint density at radius 1 is 1.28 bits per heavy atom. The largest absolute Gasteiger partial charge is 0.491 e. The van der Waals surface area contributed by atoms with E-state index in [9.17, 15) is 0 Å². The molecular formula is C15H19NO2. The number of hydrogen-bond donors (Lipinski definition) is 1. The summed E-state index contributed by atoms with van der Waals surface area (Å²) >= 11 is 0. The number of rotatable bonds is 6. The van der Waals surface area contributed by atoms with Crippen LogP contribution >= 0.6 is 0 Å². The summed E-state index contributed by atoms with van der Waals surface area (Å²) in [7, 11) is 0. The summed E-state index contributed by atoms with van der Waals surface area (Å²) in [5.74, 6) is 0.898. The van der Waals surface area contributed by atoms with Gasteiger partial charge in [0, 0.05) is 5.56 Å². The normalized spacial score (nSPS) is 12.1. The molecule has 0 aliphatic heterocycles. The minimum Gasteiger partial charge on any atom is -0.491 e. The van der Waals surface area contributed by atoms with Gasteiger partial charge in [0.25, 0.3) is 0 Å². The maximum atomic E-state index is 5.72. The summed E-state index contributed by atoms with van der Waals surface area (Å²) in [5, 5.41) is 3.44. The molecule has 0 saturated carbocycles. The van der Waals surface area contributed by atoms with E-state index in [-0.39, 0.29) is 6.04 Å². The van der Waals surface area contributed by atoms with E-state index in [1.807, 2.05) is 30.3 Å². The van der Waals surface area contributed by atoms with Crippen molar-refractivity contribution < 1.29 is 9.15 Å². The number of nitrogens with one attached hydrogen (secondary N) is 1. The molecule has 2 rings (SSSR count). The summed E-state index contributed by atoms with van der Waals surface area (Å²) in [4.78, 5) is 0. The zero-order valence-corrected chi connectivity index (χ0v) is 10.8. The molecule has 0 saturated heterocycles. The molecule has 3 heteroatoms. The Bertz CT molecular complexity index is 465. The number of furan rings is 1. The molecule has 1 atom stereocenters. The van der Waals surface area contributed by atoms with Crippen molar-refractivity contribution in [1.29, 1.82) is 0 Å². The highest BCUT2D eigenvalue weighted by Crippen LogP contribution is 2.28. The Morgan fingerprint density at radius 3 is 2.83 bits per heavy atom. The van der Waals surface area contributed by atoms with Crippen LogP contribution in [0.3, 0.4) is 0 Å². The van der Waals surface area contributed by atoms with Gasteiger partial charge in [0.05, 0.1) is 30.9 Å². The first-order chi connectivity index (χ1) is 8.81. The van der Waals surface area contributed by atoms with Crippen molar-refractivity contribution in [1.82, 2.24) is 0 Å². The minimum absolute atomic E-state index is 0.190. The van der Waals surface area contributed by atoms with E-state index in [1.165, 1.54) is 0 Å². The van der Waals surface area contributed by atoms with Gasteiger partial charge in [-0.2, -0.15) is 0 Å². The van der Waals surface area contributed by atoms with Crippen LogP contribution in [-0.4, -0.2) is 6.61 Å². The molecule has 0 radical (unpaired) electrons. The van der Waals surface area contributed by atoms with E-state index in [0.717, 1.165) is 30.0 Å². The molecule has 0 bridgehead atoms. The van der Waals surface area contributed by atoms with E-state index in [0.29, 0.717) is 0 Å². The number of benzene rings is 1. The van der Waals surface area contributed by atoms with Crippen LogP contribution in [-0.2, 0) is 0 Å². The van der Waals surface area contributed by atoms with Gasteiger partial charge in [0.1, 0.15) is 5.75 Å². The van der Waals surface area contributed by atoms with Crippen molar-refractivity contribution in [3.8, 4) is 5.75 Å². The first kappa shape index (κ1) is 12.6. The topological polar surface area (TPSA) is 34.4 Å². The molecule has 0 aliphatic rings. The first-order valence-corrected chi connectivity index (χ1v) is 6.31. The van der Waals surface area contributed by atoms with Crippen molar-refractivity contribution >= 4 is 5.69 Å². The van der Waals surface area contributed by atoms with Crippen molar-refractivity contribution in [2.45, 2.75) is 26.3 Å². The SMILES string of the molecule is CCCOc1ccccc1NC(C)c1ccoc1. The minimum atomic E-state index is 0.190. The van der Waals surface area contributed by atoms with Gasteiger partial charge >= 0.3 is 0 Å². The Balaban J connectivity index is 2.08. The van der Waals surface area contributed by atoms with Crippen LogP contribution in [0.1, 0.15) is 31.9 Å². The Morgan fingerprint density at radius 2 is 2.11 bits per heavy atom. The van der Waals surface area contributed by atoms with Crippen molar-refractivity contribution in [2.24, 2.45) is 0 Å². The third kappa shape index (κ3) is 3.06. The van der Waals surface area contributed by atoms with Crippen molar-refractivity contribution in [2.75, 3.05) is 11.9 Å². The lowest BCUT2D eigenvalue weighted by atomic mass is 10.1. The van der Waals surface area contributed by atoms with Crippen LogP contribution in [0, 0.1) is 0 Å². The fraction of sp³-hybridized carbons (Fsp3) is 0.333. The lowest BCUT2D eigenvalue weighted by Crippen LogP contribution is -2.07. The second-order valence-electron chi connectivity index (χ2n) is 4.27. The van der Waals surface area contributed by atoms with E-state index in [2.05, 4.69) is 19.2 Å². The summed E-state index contributed by atoms with van der Waals surface area (Å²) < 4.78 is 10.8. The maximum absolute atomic E-state index is 5.72. The summed E-state index contributed by atoms with van der Waals surface area (Å²) in [6.45, 7) is 4.93. The second kappa shape index (κ2) is 6.15. The molecule has 2 aromatic rings. The monoisotopic (exact) mass is 245 g/mol. The van der Waals surface area contributed by atoms with Crippen LogP contribution in [0.2, 0.25) is 0 Å². The van der Waals surface area contributed by atoms with Gasteiger partial charge in [-0.05, 0) is 31.5 Å². The highest BCUT2D eigenvalue weighted by molar-refractivity contribution is 5.57. The van der Waals surface area contributed by atoms with E-state index in [4.69, 9.17) is 9.15 Å². The van der Waals surface area contributed by atoms with Gasteiger partial charge in [0.2, 0.25) is 0 Å². The predicted octanol–water partition coefficient (Wildman–Crippen LogP) is 4.24. The maximum Gasteiger partial charge on any atom is 0.142 e. The summed E-state index contributed by atoms with van der Waals surface area (Å²) in [6.07, 6.45) is 4.45. The van der Waals surface area contributed by atoms with Crippen molar-refractivity contribution in [3.63, 3.8) is 0 Å². The van der Waals surface area contributed by atoms with Crippen molar-refractivity contribution in [3.05, 3.63) is 48.4 Å². The molecule has 0 aliphatic carbocycles. The molecule has 1 heterocycles. The quantitative estimate of drug-likeness (QED) is 0.826. The number of para-hydroxylation sites is 2. The molecule has 1 N–H and O–H groups in total. The van der Waals surface area contributed by atoms with Gasteiger partial charge in [0.15, 0.2) is 0 Å². The molecule has 1 aromatic carbocycles. The molecule has 0 fully saturated rings. The smallest absolute Gasteiger partial charge is 0.142 e. The Hall–Kier alpha value is -1.90. The van der Waals surface area contributed by atoms with Crippen LogP contribution in [0.25, 0.3) is 0 Å². The van der Waals surface area contributed by atoms with E-state index < -0.39 is 0 Å². The Kier molecular flexibility index (Phi) is 4.29. The summed E-state index contributed by atoms with van der Waals surface area (Å²) in [5.41, 5.74) is 2.14. The average molecular weight is 245 g/mol. The summed E-state index contributed by atoms with van der Waals surface area (Å²) in [6, 6.07) is 10.2. The number of anilines is 1. The molecule has 1 aromatic heterocycles. The van der Waals surface area contributed by atoms with Gasteiger partial charge in [-0.15, -0.1) is 0 Å². The number of hydrogen-bond acceptors (Lipinski definition) is 3. The third-order valence-corrected chi connectivity index (χ3v) is 2.76. The molecule has 18 heavy (non-hydrogen) atoms.